The molecule has 4 rings (SSSR count). The molecule has 0 bridgehead atoms. The monoisotopic (exact) mass is 330 g/mol. The minimum Gasteiger partial charge on any atom is -0.373 e. The van der Waals surface area contributed by atoms with E-state index in [2.05, 4.69) is 20.3 Å². The van der Waals surface area contributed by atoms with E-state index in [1.807, 2.05) is 43.4 Å². The van der Waals surface area contributed by atoms with Crippen LogP contribution in [0.15, 0.2) is 67.0 Å². The minimum absolute atomic E-state index is 0.255. The van der Waals surface area contributed by atoms with E-state index in [1.165, 1.54) is 12.1 Å². The molecule has 0 saturated carbocycles. The highest BCUT2D eigenvalue weighted by molar-refractivity contribution is 5.93. The van der Waals surface area contributed by atoms with Crippen LogP contribution in [0.2, 0.25) is 0 Å². The summed E-state index contributed by atoms with van der Waals surface area (Å²) >= 11 is 0. The first kappa shape index (κ1) is 15.2. The van der Waals surface area contributed by atoms with E-state index in [4.69, 9.17) is 0 Å². The van der Waals surface area contributed by atoms with Gasteiger partial charge in [0.15, 0.2) is 5.82 Å². The molecule has 4 nitrogen and oxygen atoms in total. The highest BCUT2D eigenvalue weighted by atomic mass is 19.1. The largest absolute Gasteiger partial charge is 0.373 e. The molecule has 0 unspecified atom stereocenters. The molecule has 2 heterocycles. The van der Waals surface area contributed by atoms with Gasteiger partial charge in [-0.2, -0.15) is 0 Å². The molecule has 2 aromatic heterocycles. The summed E-state index contributed by atoms with van der Waals surface area (Å²) in [5, 5.41) is 4.01. The van der Waals surface area contributed by atoms with Crippen LogP contribution in [0, 0.1) is 5.82 Å². The van der Waals surface area contributed by atoms with Crippen molar-refractivity contribution in [3.8, 4) is 22.5 Å². The molecule has 0 spiro atoms. The number of benzene rings is 2. The summed E-state index contributed by atoms with van der Waals surface area (Å²) in [5.41, 5.74) is 3.41. The lowest BCUT2D eigenvalue weighted by atomic mass is 10.0. The molecule has 0 aliphatic carbocycles. The third-order valence-corrected chi connectivity index (χ3v) is 4.01. The number of nitrogens with one attached hydrogen (secondary N) is 1. The second-order valence-corrected chi connectivity index (χ2v) is 5.63. The summed E-state index contributed by atoms with van der Waals surface area (Å²) < 4.78 is 13.5. The van der Waals surface area contributed by atoms with E-state index in [1.54, 1.807) is 18.5 Å². The lowest BCUT2D eigenvalue weighted by molar-refractivity contribution is 0.628. The summed E-state index contributed by atoms with van der Waals surface area (Å²) in [6, 6.07) is 16.2. The van der Waals surface area contributed by atoms with E-state index in [0.29, 0.717) is 5.82 Å². The lowest BCUT2D eigenvalue weighted by Crippen LogP contribution is -1.99. The van der Waals surface area contributed by atoms with Crippen molar-refractivity contribution in [2.45, 2.75) is 0 Å². The summed E-state index contributed by atoms with van der Waals surface area (Å²) in [4.78, 5) is 13.4. The molecule has 0 saturated heterocycles. The van der Waals surface area contributed by atoms with Gasteiger partial charge in [0, 0.05) is 30.4 Å². The molecule has 0 fully saturated rings. The molecule has 25 heavy (non-hydrogen) atoms. The van der Waals surface area contributed by atoms with Crippen LogP contribution in [0.5, 0.6) is 0 Å². The van der Waals surface area contributed by atoms with Crippen LogP contribution < -0.4 is 5.32 Å². The first-order valence-electron chi connectivity index (χ1n) is 7.90. The van der Waals surface area contributed by atoms with Gasteiger partial charge in [0.25, 0.3) is 0 Å². The maximum Gasteiger partial charge on any atom is 0.163 e. The van der Waals surface area contributed by atoms with Gasteiger partial charge in [-0.1, -0.05) is 18.2 Å². The van der Waals surface area contributed by atoms with E-state index < -0.39 is 0 Å². The number of nitrogens with zero attached hydrogens (tertiary/aromatic N) is 3. The van der Waals surface area contributed by atoms with Crippen LogP contribution in [0.25, 0.3) is 33.4 Å². The Morgan fingerprint density at radius 3 is 2.48 bits per heavy atom. The summed E-state index contributed by atoms with van der Waals surface area (Å²) in [7, 11) is 1.82. The fourth-order valence-electron chi connectivity index (χ4n) is 2.79. The van der Waals surface area contributed by atoms with E-state index >= 15 is 0 Å². The van der Waals surface area contributed by atoms with Crippen LogP contribution in [-0.4, -0.2) is 22.0 Å². The standard InChI is InChI=1S/C20H15FN4/c1-22-20-17-11-14(13-4-2-6-16(21)10-13)7-8-18(17)24-19(25-20)15-5-3-9-23-12-15/h2-12H,1H3,(H,22,24,25). The Hall–Kier alpha value is -3.34. The number of anilines is 1. The van der Waals surface area contributed by atoms with Crippen molar-refractivity contribution >= 4 is 16.7 Å². The zero-order valence-corrected chi connectivity index (χ0v) is 13.6. The second kappa shape index (κ2) is 6.28. The van der Waals surface area contributed by atoms with Gasteiger partial charge in [0.2, 0.25) is 0 Å². The van der Waals surface area contributed by atoms with Crippen LogP contribution in [0.1, 0.15) is 0 Å². The first-order valence-corrected chi connectivity index (χ1v) is 7.90. The number of pyridine rings is 1. The predicted molar refractivity (Wildman–Crippen MR) is 97.7 cm³/mol. The minimum atomic E-state index is -0.255. The van der Waals surface area contributed by atoms with Gasteiger partial charge >= 0.3 is 0 Å². The number of hydrogen-bond donors (Lipinski definition) is 1. The number of halogens is 1. The van der Waals surface area contributed by atoms with Gasteiger partial charge in [-0.15, -0.1) is 0 Å². The zero-order valence-electron chi connectivity index (χ0n) is 13.6. The quantitative estimate of drug-likeness (QED) is 0.599. The van der Waals surface area contributed by atoms with Gasteiger partial charge in [0.1, 0.15) is 11.6 Å². The van der Waals surface area contributed by atoms with E-state index in [-0.39, 0.29) is 5.82 Å². The van der Waals surface area contributed by atoms with Crippen LogP contribution >= 0.6 is 0 Å². The second-order valence-electron chi connectivity index (χ2n) is 5.63. The average molecular weight is 330 g/mol. The van der Waals surface area contributed by atoms with Crippen molar-refractivity contribution < 1.29 is 4.39 Å². The Bertz CT molecular complexity index is 1050. The molecule has 122 valence electrons. The molecular weight excluding hydrogens is 315 g/mol. The van der Waals surface area contributed by atoms with Gasteiger partial charge in [-0.25, -0.2) is 14.4 Å². The van der Waals surface area contributed by atoms with Crippen molar-refractivity contribution in [1.29, 1.82) is 0 Å². The molecule has 1 N–H and O–H groups in total. The predicted octanol–water partition coefficient (Wildman–Crippen LogP) is 4.54. The Morgan fingerprint density at radius 2 is 1.72 bits per heavy atom. The third kappa shape index (κ3) is 2.92. The maximum atomic E-state index is 13.5. The SMILES string of the molecule is CNc1nc(-c2cccnc2)nc2ccc(-c3cccc(F)c3)cc12. The summed E-state index contributed by atoms with van der Waals surface area (Å²) in [5.74, 6) is 1.08. The van der Waals surface area contributed by atoms with Crippen molar-refractivity contribution in [1.82, 2.24) is 15.0 Å². The van der Waals surface area contributed by atoms with E-state index in [0.717, 1.165) is 33.4 Å². The highest BCUT2D eigenvalue weighted by Crippen LogP contribution is 2.29. The number of fused-ring (bicyclic) bond motifs is 1. The van der Waals surface area contributed by atoms with E-state index in [9.17, 15) is 4.39 Å². The van der Waals surface area contributed by atoms with Crippen molar-refractivity contribution in [2.75, 3.05) is 12.4 Å². The number of hydrogen-bond acceptors (Lipinski definition) is 4. The van der Waals surface area contributed by atoms with Gasteiger partial charge in [-0.05, 0) is 47.5 Å². The topological polar surface area (TPSA) is 50.7 Å². The summed E-state index contributed by atoms with van der Waals surface area (Å²) in [6.45, 7) is 0. The van der Waals surface area contributed by atoms with Crippen LogP contribution in [0.3, 0.4) is 0 Å². The Labute approximate surface area is 144 Å². The van der Waals surface area contributed by atoms with Crippen molar-refractivity contribution in [3.63, 3.8) is 0 Å². The zero-order chi connectivity index (χ0) is 17.2. The normalized spacial score (nSPS) is 10.8. The number of rotatable bonds is 3. The lowest BCUT2D eigenvalue weighted by Gasteiger charge is -2.10. The Morgan fingerprint density at radius 1 is 0.880 bits per heavy atom. The highest BCUT2D eigenvalue weighted by Gasteiger charge is 2.10. The molecule has 0 radical (unpaired) electrons. The molecule has 5 heteroatoms. The molecular formula is C20H15FN4. The molecule has 0 amide bonds. The van der Waals surface area contributed by atoms with Crippen LogP contribution in [-0.2, 0) is 0 Å². The number of aromatic nitrogens is 3. The maximum absolute atomic E-state index is 13.5. The van der Waals surface area contributed by atoms with Crippen molar-refractivity contribution in [3.05, 3.63) is 72.8 Å². The molecule has 0 atom stereocenters. The first-order chi connectivity index (χ1) is 12.2. The Kier molecular flexibility index (Phi) is 3.82. The average Bonchev–Trinajstić information content (AvgIpc) is 2.67. The molecule has 0 aliphatic rings. The third-order valence-electron chi connectivity index (χ3n) is 4.01. The summed E-state index contributed by atoms with van der Waals surface area (Å²) in [6.07, 6.45) is 3.45. The van der Waals surface area contributed by atoms with Gasteiger partial charge in [0.05, 0.1) is 5.52 Å². The van der Waals surface area contributed by atoms with Gasteiger partial charge < -0.3 is 5.32 Å². The molecule has 2 aromatic carbocycles. The smallest absolute Gasteiger partial charge is 0.163 e. The fourth-order valence-corrected chi connectivity index (χ4v) is 2.79. The molecule has 4 aromatic rings. The fraction of sp³-hybridized carbons (Fsp3) is 0.0500. The Balaban J connectivity index is 1.88. The van der Waals surface area contributed by atoms with Crippen LogP contribution in [0.4, 0.5) is 10.2 Å². The molecule has 0 aliphatic heterocycles. The van der Waals surface area contributed by atoms with Crippen molar-refractivity contribution in [2.24, 2.45) is 0 Å². The van der Waals surface area contributed by atoms with Gasteiger partial charge in [-0.3, -0.25) is 4.98 Å².